The van der Waals surface area contributed by atoms with Gasteiger partial charge >= 0.3 is 0 Å². The number of hydrogen-bond donors (Lipinski definition) is 2. The average Bonchev–Trinajstić information content (AvgIpc) is 3.06. The number of rotatable bonds is 5. The van der Waals surface area contributed by atoms with Crippen LogP contribution in [0.4, 0.5) is 4.39 Å². The van der Waals surface area contributed by atoms with E-state index in [1.54, 1.807) is 20.8 Å². The van der Waals surface area contributed by atoms with Crippen LogP contribution in [-0.2, 0) is 9.84 Å². The zero-order chi connectivity index (χ0) is 25.7. The SMILES string of the molecule is C=C1/C(=C\C=C2/CCC[C@]3(C)[C@@H]([C@H](C)CC(C)(F)S(=O)(=O)C(C)(C)C)CC[C@@H]23)C[C@H](O)C[C@H]1O. The highest BCUT2D eigenvalue weighted by atomic mass is 32.2. The fourth-order valence-electron chi connectivity index (χ4n) is 7.14. The van der Waals surface area contributed by atoms with Gasteiger partial charge in [0, 0.05) is 6.42 Å². The first kappa shape index (κ1) is 27.6. The molecule has 0 spiro atoms. The Balaban J connectivity index is 1.81. The highest BCUT2D eigenvalue weighted by Gasteiger charge is 2.54. The van der Waals surface area contributed by atoms with Crippen molar-refractivity contribution in [2.75, 3.05) is 0 Å². The first-order chi connectivity index (χ1) is 15.5. The molecule has 0 aromatic heterocycles. The summed E-state index contributed by atoms with van der Waals surface area (Å²) in [6.07, 6.45) is 8.99. The molecule has 7 atom stereocenters. The van der Waals surface area contributed by atoms with E-state index in [4.69, 9.17) is 0 Å². The van der Waals surface area contributed by atoms with E-state index in [1.165, 1.54) is 12.5 Å². The van der Waals surface area contributed by atoms with Crippen molar-refractivity contribution >= 4 is 9.84 Å². The maximum Gasteiger partial charge on any atom is 0.208 e. The zero-order valence-corrected chi connectivity index (χ0v) is 22.7. The molecule has 0 heterocycles. The molecule has 4 nitrogen and oxygen atoms in total. The molecule has 3 fully saturated rings. The van der Waals surface area contributed by atoms with Crippen LogP contribution >= 0.6 is 0 Å². The molecule has 6 heteroatoms. The molecular weight excluding hydrogens is 451 g/mol. The Hall–Kier alpha value is -0.980. The minimum atomic E-state index is -3.93. The van der Waals surface area contributed by atoms with Gasteiger partial charge < -0.3 is 10.2 Å². The maximum atomic E-state index is 15.7. The molecule has 34 heavy (non-hydrogen) atoms. The van der Waals surface area contributed by atoms with Gasteiger partial charge in [-0.2, -0.15) is 0 Å². The number of halogens is 1. The molecule has 0 radical (unpaired) electrons. The van der Waals surface area contributed by atoms with Crippen molar-refractivity contribution in [3.8, 4) is 0 Å². The molecule has 3 aliphatic rings. The van der Waals surface area contributed by atoms with Gasteiger partial charge in [-0.3, -0.25) is 0 Å². The normalized spacial score (nSPS) is 38.1. The number of hydrogen-bond acceptors (Lipinski definition) is 4. The van der Waals surface area contributed by atoms with Crippen LogP contribution in [0.25, 0.3) is 0 Å². The third kappa shape index (κ3) is 4.97. The monoisotopic (exact) mass is 496 g/mol. The molecule has 3 rings (SSSR count). The second kappa shape index (κ2) is 9.48. The summed E-state index contributed by atoms with van der Waals surface area (Å²) in [5.74, 6) is 0.623. The van der Waals surface area contributed by atoms with Crippen molar-refractivity contribution in [3.05, 3.63) is 35.5 Å². The smallest absolute Gasteiger partial charge is 0.208 e. The molecule has 0 aromatic carbocycles. The predicted molar refractivity (Wildman–Crippen MR) is 137 cm³/mol. The number of aliphatic hydroxyl groups is 2. The summed E-state index contributed by atoms with van der Waals surface area (Å²) in [4.78, 5) is 0. The lowest BCUT2D eigenvalue weighted by Crippen LogP contribution is -2.45. The minimum Gasteiger partial charge on any atom is -0.393 e. The van der Waals surface area contributed by atoms with E-state index >= 15 is 4.39 Å². The van der Waals surface area contributed by atoms with Crippen molar-refractivity contribution in [3.63, 3.8) is 0 Å². The Bertz CT molecular complexity index is 955. The predicted octanol–water partition coefficient (Wildman–Crippen LogP) is 6.05. The topological polar surface area (TPSA) is 74.6 Å². The Morgan fingerprint density at radius 1 is 1.21 bits per heavy atom. The molecule has 0 aromatic rings. The van der Waals surface area contributed by atoms with Crippen LogP contribution in [-0.4, -0.2) is 40.6 Å². The lowest BCUT2D eigenvalue weighted by molar-refractivity contribution is 0.0780. The van der Waals surface area contributed by atoms with Crippen molar-refractivity contribution in [1.29, 1.82) is 0 Å². The van der Waals surface area contributed by atoms with E-state index in [0.717, 1.165) is 37.7 Å². The van der Waals surface area contributed by atoms with Gasteiger partial charge in [-0.05, 0) is 107 Å². The zero-order valence-electron chi connectivity index (χ0n) is 21.9. The molecule has 0 aliphatic heterocycles. The van der Waals surface area contributed by atoms with Crippen LogP contribution in [0.15, 0.2) is 35.5 Å². The minimum absolute atomic E-state index is 0.0200. The molecule has 0 saturated heterocycles. The highest BCUT2D eigenvalue weighted by molar-refractivity contribution is 7.93. The largest absolute Gasteiger partial charge is 0.393 e. The Morgan fingerprint density at radius 3 is 2.47 bits per heavy atom. The number of fused-ring (bicyclic) bond motifs is 1. The van der Waals surface area contributed by atoms with Gasteiger partial charge in [-0.1, -0.05) is 38.2 Å². The van der Waals surface area contributed by atoms with Crippen molar-refractivity contribution in [2.24, 2.45) is 23.2 Å². The second-order valence-electron chi connectivity index (χ2n) is 12.6. The van der Waals surface area contributed by atoms with Crippen LogP contribution in [0.5, 0.6) is 0 Å². The number of alkyl halides is 1. The third-order valence-corrected chi connectivity index (χ3v) is 11.9. The molecular formula is C28H45FO4S. The van der Waals surface area contributed by atoms with Gasteiger partial charge in [-0.15, -0.1) is 0 Å². The van der Waals surface area contributed by atoms with Gasteiger partial charge in [0.15, 0.2) is 9.84 Å². The van der Waals surface area contributed by atoms with E-state index < -0.39 is 31.8 Å². The third-order valence-electron chi connectivity index (χ3n) is 9.04. The maximum absolute atomic E-state index is 15.7. The summed E-state index contributed by atoms with van der Waals surface area (Å²) in [5.41, 5.74) is 3.01. The summed E-state index contributed by atoms with van der Waals surface area (Å²) < 4.78 is 40.4. The molecule has 0 amide bonds. The van der Waals surface area contributed by atoms with Gasteiger partial charge in [-0.25, -0.2) is 12.8 Å². The van der Waals surface area contributed by atoms with Crippen LogP contribution in [0.1, 0.15) is 92.9 Å². The summed E-state index contributed by atoms with van der Waals surface area (Å²) in [6.45, 7) is 14.3. The lowest BCUT2D eigenvalue weighted by atomic mass is 9.60. The molecule has 194 valence electrons. The van der Waals surface area contributed by atoms with Crippen molar-refractivity contribution in [2.45, 2.75) is 115 Å². The van der Waals surface area contributed by atoms with Crippen LogP contribution < -0.4 is 0 Å². The lowest BCUT2D eigenvalue weighted by Gasteiger charge is -2.45. The molecule has 2 N–H and O–H groups in total. The van der Waals surface area contributed by atoms with E-state index in [9.17, 15) is 18.6 Å². The molecule has 3 saturated carbocycles. The van der Waals surface area contributed by atoms with Crippen LogP contribution in [0, 0.1) is 23.2 Å². The standard InChI is InChI=1S/C28H45FO4S/c1-18(17-28(7,29)34(32,33)26(3,4)5)23-12-13-24-20(9-8-14-27(23,24)6)10-11-21-15-22(30)16-25(31)19(21)2/h10-11,18,22-25,30-31H,2,8-9,12-17H2,1,3-7H3/b20-10+,21-11-/t18-,22+,23-,24+,25-,27-,28?/m1/s1. The number of aliphatic hydroxyl groups excluding tert-OH is 2. The summed E-state index contributed by atoms with van der Waals surface area (Å²) in [7, 11) is -3.93. The number of allylic oxidation sites excluding steroid dienone is 3. The van der Waals surface area contributed by atoms with E-state index in [-0.39, 0.29) is 23.7 Å². The first-order valence-electron chi connectivity index (χ1n) is 12.9. The van der Waals surface area contributed by atoms with Crippen molar-refractivity contribution < 1.29 is 23.0 Å². The highest BCUT2D eigenvalue weighted by Crippen LogP contribution is 2.60. The second-order valence-corrected chi connectivity index (χ2v) is 15.6. The van der Waals surface area contributed by atoms with Gasteiger partial charge in [0.2, 0.25) is 5.00 Å². The molecule has 3 aliphatic carbocycles. The fourth-order valence-corrected chi connectivity index (χ4v) is 8.90. The Labute approximate surface area is 206 Å². The average molecular weight is 497 g/mol. The fraction of sp³-hybridized carbons (Fsp3) is 0.786. The Kier molecular flexibility index (Phi) is 7.69. The van der Waals surface area contributed by atoms with Crippen LogP contribution in [0.3, 0.4) is 0 Å². The summed E-state index contributed by atoms with van der Waals surface area (Å²) in [6, 6.07) is 0. The van der Waals surface area contributed by atoms with E-state index in [1.807, 2.05) is 13.0 Å². The Morgan fingerprint density at radius 2 is 1.85 bits per heavy atom. The quantitative estimate of drug-likeness (QED) is 0.486. The van der Waals surface area contributed by atoms with Gasteiger partial charge in [0.25, 0.3) is 0 Å². The summed E-state index contributed by atoms with van der Waals surface area (Å²) >= 11 is 0. The first-order valence-corrected chi connectivity index (χ1v) is 14.4. The van der Waals surface area contributed by atoms with E-state index in [0.29, 0.717) is 24.3 Å². The molecule has 1 unspecified atom stereocenters. The van der Waals surface area contributed by atoms with Gasteiger partial charge in [0.05, 0.1) is 17.0 Å². The van der Waals surface area contributed by atoms with Crippen molar-refractivity contribution in [1.82, 2.24) is 0 Å². The van der Waals surface area contributed by atoms with E-state index in [2.05, 4.69) is 19.6 Å². The summed E-state index contributed by atoms with van der Waals surface area (Å²) in [5, 5.41) is 18.0. The number of sulfone groups is 1. The van der Waals surface area contributed by atoms with Crippen LogP contribution in [0.2, 0.25) is 0 Å². The van der Waals surface area contributed by atoms with Gasteiger partial charge in [0.1, 0.15) is 0 Å². The molecule has 0 bridgehead atoms.